The van der Waals surface area contributed by atoms with E-state index in [4.69, 9.17) is 32.2 Å². The van der Waals surface area contributed by atoms with Gasteiger partial charge in [0.1, 0.15) is 24.6 Å². The highest BCUT2D eigenvalue weighted by Crippen LogP contribution is 2.31. The maximum atomic E-state index is 12.2. The number of ether oxygens (including phenoxy) is 3. The van der Waals surface area contributed by atoms with Crippen molar-refractivity contribution in [3.8, 4) is 18.1 Å². The number of halogens is 2. The highest BCUT2D eigenvalue weighted by Gasteiger charge is 2.44. The maximum Gasteiger partial charge on any atom is 0.309 e. The van der Waals surface area contributed by atoms with Crippen LogP contribution in [0.3, 0.4) is 0 Å². The Morgan fingerprint density at radius 1 is 1.32 bits per heavy atom. The number of esters is 1. The van der Waals surface area contributed by atoms with Crippen LogP contribution >= 0.6 is 11.6 Å². The molecule has 2 N–H and O–H groups in total. The highest BCUT2D eigenvalue weighted by molar-refractivity contribution is 6.31. The average Bonchev–Trinajstić information content (AvgIpc) is 3.67. The molecular formula is C25H34ClFO7. The Kier molecular flexibility index (Phi) is 12.6. The van der Waals surface area contributed by atoms with Gasteiger partial charge in [0, 0.05) is 22.1 Å². The molecule has 1 saturated carbocycles. The van der Waals surface area contributed by atoms with Crippen molar-refractivity contribution in [2.24, 2.45) is 11.8 Å². The fourth-order valence-electron chi connectivity index (χ4n) is 2.97. The zero-order valence-corrected chi connectivity index (χ0v) is 21.0. The number of terminal acetylenes is 1. The zero-order valence-electron chi connectivity index (χ0n) is 20.2. The van der Waals surface area contributed by atoms with Crippen LogP contribution in [-0.4, -0.2) is 47.4 Å². The van der Waals surface area contributed by atoms with Crippen LogP contribution in [-0.2, 0) is 19.2 Å². The standard InChI is InChI=1S/C12H11ClO.C11H17FO6.C2H6/c1-5-10-6-11(13)9(4)12(7-10)14-8(2)3;1-5-8(13)7(17-11(18-12)9(5)14)4-16-10(15)6-2-3-6;1-2/h1,6-7H,2H2,3-4H3;5-9,11,13-14H,2-4H2,1H3;1-2H3/t;5?,7?,8-,9+,11?;/m.0./s1. The van der Waals surface area contributed by atoms with Crippen LogP contribution in [0.15, 0.2) is 24.5 Å². The summed E-state index contributed by atoms with van der Waals surface area (Å²) < 4.78 is 27.5. The van der Waals surface area contributed by atoms with E-state index in [0.717, 1.165) is 18.4 Å². The summed E-state index contributed by atoms with van der Waals surface area (Å²) in [4.78, 5) is 14.8. The lowest BCUT2D eigenvalue weighted by atomic mass is 9.91. The Hall–Kier alpha value is -2.15. The molecule has 3 unspecified atom stereocenters. The molecule has 190 valence electrons. The van der Waals surface area contributed by atoms with E-state index >= 15 is 0 Å². The third kappa shape index (κ3) is 8.57. The molecule has 0 aromatic heterocycles. The highest BCUT2D eigenvalue weighted by atomic mass is 35.5. The van der Waals surface area contributed by atoms with Gasteiger partial charge in [0.15, 0.2) is 0 Å². The lowest BCUT2D eigenvalue weighted by Crippen LogP contribution is -2.55. The Labute approximate surface area is 205 Å². The second-order valence-electron chi connectivity index (χ2n) is 7.91. The lowest BCUT2D eigenvalue weighted by molar-refractivity contribution is -0.354. The number of rotatable bonds is 6. The molecule has 0 bridgehead atoms. The van der Waals surface area contributed by atoms with Crippen molar-refractivity contribution in [2.75, 3.05) is 6.61 Å². The molecule has 34 heavy (non-hydrogen) atoms. The topological polar surface area (TPSA) is 94.5 Å². The van der Waals surface area contributed by atoms with Crippen LogP contribution in [0.5, 0.6) is 5.75 Å². The van der Waals surface area contributed by atoms with Crippen molar-refractivity contribution in [3.05, 3.63) is 40.6 Å². The van der Waals surface area contributed by atoms with Gasteiger partial charge in [-0.1, -0.05) is 44.9 Å². The average molecular weight is 501 g/mol. The van der Waals surface area contributed by atoms with E-state index < -0.39 is 30.5 Å². The van der Waals surface area contributed by atoms with Crippen molar-refractivity contribution in [3.63, 3.8) is 0 Å². The van der Waals surface area contributed by atoms with E-state index in [9.17, 15) is 19.5 Å². The second-order valence-corrected chi connectivity index (χ2v) is 8.31. The van der Waals surface area contributed by atoms with Crippen molar-refractivity contribution < 1.29 is 38.7 Å². The molecule has 9 heteroatoms. The lowest BCUT2D eigenvalue weighted by Gasteiger charge is -2.39. The van der Waals surface area contributed by atoms with E-state index in [0.29, 0.717) is 22.1 Å². The Bertz CT molecular complexity index is 864. The molecule has 1 saturated heterocycles. The van der Waals surface area contributed by atoms with Gasteiger partial charge in [-0.3, -0.25) is 4.79 Å². The minimum absolute atomic E-state index is 0.0537. The van der Waals surface area contributed by atoms with Crippen molar-refractivity contribution in [1.82, 2.24) is 0 Å². The summed E-state index contributed by atoms with van der Waals surface area (Å²) in [5.74, 6) is 2.77. The quantitative estimate of drug-likeness (QED) is 0.337. The number of aliphatic hydroxyl groups is 2. The molecule has 0 radical (unpaired) electrons. The fraction of sp³-hybridized carbons (Fsp3) is 0.560. The summed E-state index contributed by atoms with van der Waals surface area (Å²) in [5, 5.41) is 20.0. The smallest absolute Gasteiger partial charge is 0.309 e. The molecular weight excluding hydrogens is 467 g/mol. The molecule has 1 aliphatic heterocycles. The Morgan fingerprint density at radius 3 is 2.44 bits per heavy atom. The van der Waals surface area contributed by atoms with Gasteiger partial charge in [-0.15, -0.1) is 6.42 Å². The van der Waals surface area contributed by atoms with Crippen LogP contribution < -0.4 is 4.74 Å². The first-order valence-corrected chi connectivity index (χ1v) is 11.5. The minimum atomic E-state index is -1.46. The number of aliphatic hydroxyl groups excluding tert-OH is 2. The molecule has 1 heterocycles. The van der Waals surface area contributed by atoms with Gasteiger partial charge < -0.3 is 24.4 Å². The molecule has 0 spiro atoms. The van der Waals surface area contributed by atoms with Crippen molar-refractivity contribution in [2.45, 2.75) is 72.1 Å². The van der Waals surface area contributed by atoms with Gasteiger partial charge in [-0.05, 0) is 43.3 Å². The van der Waals surface area contributed by atoms with E-state index in [-0.39, 0.29) is 18.5 Å². The van der Waals surface area contributed by atoms with Crippen molar-refractivity contribution >= 4 is 17.6 Å². The molecule has 0 amide bonds. The van der Waals surface area contributed by atoms with Crippen LogP contribution in [0, 0.1) is 31.1 Å². The number of allylic oxidation sites excluding steroid dienone is 1. The van der Waals surface area contributed by atoms with E-state index in [1.54, 1.807) is 26.0 Å². The molecule has 2 fully saturated rings. The first-order chi connectivity index (χ1) is 16.1. The number of carbonyl (C=O) groups is 1. The number of carbonyl (C=O) groups excluding carboxylic acids is 1. The summed E-state index contributed by atoms with van der Waals surface area (Å²) >= 11 is 5.98. The van der Waals surface area contributed by atoms with E-state index in [1.165, 1.54) is 0 Å². The van der Waals surface area contributed by atoms with Gasteiger partial charge in [0.2, 0.25) is 6.29 Å². The molecule has 5 atom stereocenters. The van der Waals surface area contributed by atoms with Gasteiger partial charge >= 0.3 is 5.97 Å². The third-order valence-electron chi connectivity index (χ3n) is 5.18. The first kappa shape index (κ1) is 29.9. The summed E-state index contributed by atoms with van der Waals surface area (Å²) in [7, 11) is 0. The van der Waals surface area contributed by atoms with Crippen LogP contribution in [0.25, 0.3) is 0 Å². The maximum absolute atomic E-state index is 12.2. The van der Waals surface area contributed by atoms with Crippen LogP contribution in [0.4, 0.5) is 4.53 Å². The van der Waals surface area contributed by atoms with E-state index in [1.807, 2.05) is 20.8 Å². The third-order valence-corrected chi connectivity index (χ3v) is 5.57. The van der Waals surface area contributed by atoms with Crippen molar-refractivity contribution in [1.29, 1.82) is 0 Å². The molecule has 2 aliphatic rings. The zero-order chi connectivity index (χ0) is 26.0. The predicted molar refractivity (Wildman–Crippen MR) is 127 cm³/mol. The molecule has 3 rings (SSSR count). The Balaban J connectivity index is 0.000000326. The van der Waals surface area contributed by atoms with Gasteiger partial charge in [0.05, 0.1) is 17.8 Å². The van der Waals surface area contributed by atoms with Gasteiger partial charge in [-0.2, -0.15) is 4.94 Å². The normalized spacial score (nSPS) is 25.5. The molecule has 1 aliphatic carbocycles. The van der Waals surface area contributed by atoms with Gasteiger partial charge in [0.25, 0.3) is 0 Å². The molecule has 1 aromatic carbocycles. The minimum Gasteiger partial charge on any atom is -0.463 e. The SMILES string of the molecule is C#Cc1cc(Cl)c(C)c(OC(=C)C)c1.CC.CC1[C@H](O)C(COC(=O)C2CC2)OC(OF)[C@@H]1O. The molecule has 1 aromatic rings. The summed E-state index contributed by atoms with van der Waals surface area (Å²) in [6, 6.07) is 3.51. The molecule has 7 nitrogen and oxygen atoms in total. The van der Waals surface area contributed by atoms with Gasteiger partial charge in [-0.25, -0.2) is 0 Å². The Morgan fingerprint density at radius 2 is 1.94 bits per heavy atom. The van der Waals surface area contributed by atoms with Crippen LogP contribution in [0.1, 0.15) is 51.7 Å². The number of benzene rings is 1. The van der Waals surface area contributed by atoms with E-state index in [2.05, 4.69) is 17.4 Å². The summed E-state index contributed by atoms with van der Waals surface area (Å²) in [5.41, 5.74) is 1.57. The van der Waals surface area contributed by atoms with Crippen LogP contribution in [0.2, 0.25) is 5.02 Å². The first-order valence-electron chi connectivity index (χ1n) is 11.1. The summed E-state index contributed by atoms with van der Waals surface area (Å²) in [6.07, 6.45) is 2.25. The fourth-order valence-corrected chi connectivity index (χ4v) is 3.18. The number of hydrogen-bond donors (Lipinski definition) is 2. The monoisotopic (exact) mass is 500 g/mol. The predicted octanol–water partition coefficient (Wildman–Crippen LogP) is 4.49. The second kappa shape index (κ2) is 14.3. The number of hydrogen-bond acceptors (Lipinski definition) is 7. The largest absolute Gasteiger partial charge is 0.463 e. The summed E-state index contributed by atoms with van der Waals surface area (Å²) in [6.45, 7) is 12.7.